The third-order valence-corrected chi connectivity index (χ3v) is 24.6. The average Bonchev–Trinajstić information content (AvgIpc) is 3.98. The molecule has 300 valence electrons. The molecule has 0 N–H and O–H groups in total. The first-order valence-electron chi connectivity index (χ1n) is 21.4. The summed E-state index contributed by atoms with van der Waals surface area (Å²) in [5.41, 5.74) is 25.3. The molecule has 60 heavy (non-hydrogen) atoms. The largest absolute Gasteiger partial charge is 0.0722 e. The zero-order valence-corrected chi connectivity index (χ0v) is 41.2. The Kier molecular flexibility index (Phi) is 10.8. The van der Waals surface area contributed by atoms with Crippen LogP contribution in [0.25, 0.3) is 46.6 Å². The lowest BCUT2D eigenvalue weighted by Crippen LogP contribution is -2.42. The molecule has 4 aliphatic rings. The van der Waals surface area contributed by atoms with E-state index >= 15 is 0 Å². The zero-order valence-electron chi connectivity index (χ0n) is 36.1. The second-order valence-electron chi connectivity index (χ2n) is 18.8. The minimum absolute atomic E-state index is 0.515. The Balaban J connectivity index is 0.000000163. The molecule has 4 heteroatoms. The topological polar surface area (TPSA) is 0 Å². The first kappa shape index (κ1) is 41.0. The molecule has 0 radical (unpaired) electrons. The Hall–Kier alpha value is -4.33. The summed E-state index contributed by atoms with van der Waals surface area (Å²) in [6.07, 6.45) is 9.75. The smallest absolute Gasteiger partial charge is 0.0679 e. The van der Waals surface area contributed by atoms with Crippen LogP contribution in [0.5, 0.6) is 0 Å². The van der Waals surface area contributed by atoms with Gasteiger partial charge >= 0.3 is 0 Å². The minimum Gasteiger partial charge on any atom is -0.0679 e. The number of fused-ring (bicyclic) bond motifs is 4. The van der Waals surface area contributed by atoms with Gasteiger partial charge in [-0.2, -0.15) is 0 Å². The lowest BCUT2D eigenvalue weighted by atomic mass is 9.97. The quantitative estimate of drug-likeness (QED) is 0.146. The number of hydrogen-bond donors (Lipinski definition) is 0. The van der Waals surface area contributed by atoms with Crippen molar-refractivity contribution in [2.24, 2.45) is 0 Å². The van der Waals surface area contributed by atoms with Crippen LogP contribution in [0.3, 0.4) is 0 Å². The van der Waals surface area contributed by atoms with E-state index in [9.17, 15) is 0 Å². The van der Waals surface area contributed by atoms with Crippen molar-refractivity contribution in [2.75, 3.05) is 0 Å². The van der Waals surface area contributed by atoms with Gasteiger partial charge in [-0.1, -0.05) is 226 Å². The monoisotopic (exact) mass is 940 g/mol. The van der Waals surface area contributed by atoms with Crippen LogP contribution in [0.15, 0.2) is 165 Å². The summed E-state index contributed by atoms with van der Waals surface area (Å²) >= 11 is 7.51. The lowest BCUT2D eigenvalue weighted by molar-refractivity contribution is 0.967. The molecular formula is C56H54Br2Si2. The van der Waals surface area contributed by atoms with Gasteiger partial charge in [0, 0.05) is 31.1 Å². The first-order valence-corrected chi connectivity index (χ1v) is 29.3. The van der Waals surface area contributed by atoms with Crippen molar-refractivity contribution in [1.29, 1.82) is 0 Å². The molecule has 4 aliphatic carbocycles. The predicted octanol–water partition coefficient (Wildman–Crippen LogP) is 17.2. The van der Waals surface area contributed by atoms with E-state index in [-0.39, 0.29) is 0 Å². The Morgan fingerprint density at radius 1 is 0.333 bits per heavy atom. The number of hydrogen-bond acceptors (Lipinski definition) is 0. The molecule has 0 aromatic heterocycles. The molecule has 0 fully saturated rings. The Bertz CT molecular complexity index is 2600. The second kappa shape index (κ2) is 15.9. The van der Waals surface area contributed by atoms with Gasteiger partial charge in [-0.25, -0.2) is 0 Å². The van der Waals surface area contributed by atoms with Crippen LogP contribution in [0.1, 0.15) is 94.4 Å². The Morgan fingerprint density at radius 2 is 0.617 bits per heavy atom. The molecule has 0 bridgehead atoms. The molecule has 0 saturated carbocycles. The van der Waals surface area contributed by atoms with Gasteiger partial charge in [-0.3, -0.25) is 0 Å². The summed E-state index contributed by atoms with van der Waals surface area (Å²) in [4.78, 5) is 0. The zero-order chi connectivity index (χ0) is 42.1. The summed E-state index contributed by atoms with van der Waals surface area (Å²) < 4.78 is 2.44. The van der Waals surface area contributed by atoms with Crippen LogP contribution in [-0.4, -0.2) is 16.1 Å². The van der Waals surface area contributed by atoms with Crippen LogP contribution >= 0.6 is 31.9 Å². The molecule has 0 aliphatic heterocycles. The molecule has 0 saturated heterocycles. The van der Waals surface area contributed by atoms with Crippen molar-refractivity contribution < 1.29 is 0 Å². The second-order valence-corrected chi connectivity index (χ2v) is 30.1. The number of allylic oxidation sites excluding steroid dienone is 4. The van der Waals surface area contributed by atoms with Crippen LogP contribution in [0.2, 0.25) is 26.2 Å². The summed E-state index contributed by atoms with van der Waals surface area (Å²) in [6.45, 7) is 19.7. The van der Waals surface area contributed by atoms with Crippen molar-refractivity contribution in [3.63, 3.8) is 0 Å². The fraction of sp³-hybridized carbons (Fsp3) is 0.214. The van der Waals surface area contributed by atoms with E-state index in [4.69, 9.17) is 0 Å². The molecule has 4 atom stereocenters. The summed E-state index contributed by atoms with van der Waals surface area (Å²) in [5.74, 6) is 0. The molecule has 4 unspecified atom stereocenters. The van der Waals surface area contributed by atoms with E-state index < -0.39 is 16.1 Å². The highest BCUT2D eigenvalue weighted by Crippen LogP contribution is 2.56. The average molecular weight is 943 g/mol. The minimum atomic E-state index is -1.85. The summed E-state index contributed by atoms with van der Waals surface area (Å²) in [5, 5.41) is 0. The summed E-state index contributed by atoms with van der Waals surface area (Å²) in [7, 11) is -3.54. The van der Waals surface area contributed by atoms with Crippen molar-refractivity contribution >= 4 is 72.3 Å². The highest BCUT2D eigenvalue weighted by Gasteiger charge is 2.48. The van der Waals surface area contributed by atoms with Crippen molar-refractivity contribution in [3.8, 4) is 22.3 Å². The van der Waals surface area contributed by atoms with Gasteiger partial charge in [0.1, 0.15) is 0 Å². The molecule has 0 nitrogen and oxygen atoms in total. The van der Waals surface area contributed by atoms with E-state index in [1.165, 1.54) is 98.0 Å². The molecule has 0 spiro atoms. The van der Waals surface area contributed by atoms with Gasteiger partial charge in [-0.05, 0) is 107 Å². The van der Waals surface area contributed by atoms with Crippen molar-refractivity contribution in [1.82, 2.24) is 0 Å². The van der Waals surface area contributed by atoms with Crippen molar-refractivity contribution in [3.05, 3.63) is 209 Å². The van der Waals surface area contributed by atoms with E-state index in [2.05, 4.69) is 244 Å². The third-order valence-electron chi connectivity index (χ3n) is 14.2. The van der Waals surface area contributed by atoms with Gasteiger partial charge < -0.3 is 0 Å². The first-order chi connectivity index (χ1) is 28.8. The SMILES string of the molecule is CC1=Cc2c(-c3ccccc3)cccc2C1[Si](C)(C)C1C(C)=Cc2c(-c3ccccc3)cccc21.CC1=Cc2c(Br)cccc2C1[Si](C)(C)C1C(C)=Cc2c(Br)cccc21. The van der Waals surface area contributed by atoms with E-state index in [0.717, 1.165) is 0 Å². The fourth-order valence-corrected chi connectivity index (χ4v) is 23.1. The summed E-state index contributed by atoms with van der Waals surface area (Å²) in [6, 6.07) is 49.0. The number of halogens is 2. The van der Waals surface area contributed by atoms with Gasteiger partial charge in [0.25, 0.3) is 0 Å². The third kappa shape index (κ3) is 6.83. The molecule has 0 heterocycles. The number of benzene rings is 6. The molecule has 0 amide bonds. The molecule has 6 aromatic carbocycles. The highest BCUT2D eigenvalue weighted by molar-refractivity contribution is 9.10. The van der Waals surface area contributed by atoms with Crippen LogP contribution in [0, 0.1) is 0 Å². The maximum atomic E-state index is 3.75. The maximum Gasteiger partial charge on any atom is 0.0722 e. The van der Waals surface area contributed by atoms with Crippen LogP contribution in [-0.2, 0) is 0 Å². The van der Waals surface area contributed by atoms with Crippen LogP contribution < -0.4 is 0 Å². The lowest BCUT2D eigenvalue weighted by Gasteiger charge is -2.39. The maximum absolute atomic E-state index is 3.75. The Morgan fingerprint density at radius 3 is 0.950 bits per heavy atom. The van der Waals surface area contributed by atoms with Crippen LogP contribution in [0.4, 0.5) is 0 Å². The van der Waals surface area contributed by atoms with E-state index in [0.29, 0.717) is 22.2 Å². The van der Waals surface area contributed by atoms with E-state index in [1.807, 2.05) is 0 Å². The standard InChI is InChI=1S/C34H32Si.C22H22Br2Si/c1-23-21-31-27(25-13-7-5-8-14-25)17-11-19-29(31)33(23)35(3,4)34-24(2)22-32-28(18-12-20-30(32)34)26-15-9-6-10-16-26;1-13-11-17-15(7-5-9-19(17)23)21(13)25(3,4)22-14(2)12-18-16(22)8-6-10-20(18)24/h5-22,33-34H,1-4H3;5-12,21-22H,1-4H3. The predicted molar refractivity (Wildman–Crippen MR) is 273 cm³/mol. The normalized spacial score (nSPS) is 19.9. The Labute approximate surface area is 377 Å². The molecule has 10 rings (SSSR count). The van der Waals surface area contributed by atoms with Gasteiger partial charge in [0.15, 0.2) is 0 Å². The van der Waals surface area contributed by atoms with Crippen molar-refractivity contribution in [2.45, 2.75) is 76.0 Å². The molecule has 6 aromatic rings. The van der Waals surface area contributed by atoms with Gasteiger partial charge in [0.05, 0.1) is 16.1 Å². The number of rotatable bonds is 6. The van der Waals surface area contributed by atoms with Gasteiger partial charge in [0.2, 0.25) is 0 Å². The highest BCUT2D eigenvalue weighted by atomic mass is 79.9. The fourth-order valence-electron chi connectivity index (χ4n) is 12.2. The van der Waals surface area contributed by atoms with E-state index in [1.54, 1.807) is 0 Å². The molecular weight excluding hydrogens is 889 g/mol. The van der Waals surface area contributed by atoms with Gasteiger partial charge in [-0.15, -0.1) is 0 Å².